The summed E-state index contributed by atoms with van der Waals surface area (Å²) in [6, 6.07) is 3.66. The van der Waals surface area contributed by atoms with Crippen LogP contribution in [0, 0.1) is 0 Å². The fourth-order valence-corrected chi connectivity index (χ4v) is 2.35. The summed E-state index contributed by atoms with van der Waals surface area (Å²) in [6.07, 6.45) is -0.102. The number of ether oxygens (including phenoxy) is 3. The number of hydrogen-bond donors (Lipinski definition) is 0. The van der Waals surface area contributed by atoms with Gasteiger partial charge in [0.05, 0.1) is 31.7 Å². The molecule has 0 N–H and O–H groups in total. The van der Waals surface area contributed by atoms with E-state index in [0.29, 0.717) is 19.0 Å². The van der Waals surface area contributed by atoms with Crippen molar-refractivity contribution in [1.82, 2.24) is 14.5 Å². The number of pyridine rings is 1. The molecule has 0 radical (unpaired) electrons. The molecule has 0 saturated carbocycles. The summed E-state index contributed by atoms with van der Waals surface area (Å²) >= 11 is 6.24. The van der Waals surface area contributed by atoms with Gasteiger partial charge in [-0.1, -0.05) is 0 Å². The SMILES string of the molecule is COCC(Cn1c(C(C)Cl)nc2ccc(OC)nc21)OC. The number of aromatic nitrogens is 3. The van der Waals surface area contributed by atoms with Crippen LogP contribution in [0.15, 0.2) is 12.1 Å². The van der Waals surface area contributed by atoms with Gasteiger partial charge in [-0.15, -0.1) is 11.6 Å². The lowest BCUT2D eigenvalue weighted by atomic mass is 10.3. The minimum Gasteiger partial charge on any atom is -0.481 e. The maximum absolute atomic E-state index is 6.24. The van der Waals surface area contributed by atoms with E-state index in [0.717, 1.165) is 17.0 Å². The second-order valence-corrected chi connectivity index (χ2v) is 5.36. The molecule has 2 aromatic rings. The molecular weight excluding hydrogens is 294 g/mol. The summed E-state index contributed by atoms with van der Waals surface area (Å²) in [5.74, 6) is 1.30. The molecule has 7 heteroatoms. The number of halogens is 1. The standard InChI is InChI=1S/C14H20ClN3O3/c1-9(15)13-16-11-5-6-12(21-4)17-14(11)18(13)7-10(20-3)8-19-2/h5-6,9-10H,7-8H2,1-4H3. The fourth-order valence-electron chi connectivity index (χ4n) is 2.18. The molecule has 21 heavy (non-hydrogen) atoms. The van der Waals surface area contributed by atoms with Gasteiger partial charge in [0.1, 0.15) is 11.3 Å². The molecule has 0 aromatic carbocycles. The van der Waals surface area contributed by atoms with Crippen LogP contribution in [0.5, 0.6) is 5.88 Å². The summed E-state index contributed by atoms with van der Waals surface area (Å²) in [5, 5.41) is -0.231. The van der Waals surface area contributed by atoms with Crippen molar-refractivity contribution in [3.8, 4) is 5.88 Å². The van der Waals surface area contributed by atoms with Gasteiger partial charge < -0.3 is 18.8 Å². The largest absolute Gasteiger partial charge is 0.481 e. The number of fused-ring (bicyclic) bond motifs is 1. The lowest BCUT2D eigenvalue weighted by molar-refractivity contribution is 0.0184. The first-order valence-corrected chi connectivity index (χ1v) is 7.11. The number of alkyl halides is 1. The number of rotatable bonds is 7. The first-order chi connectivity index (χ1) is 10.1. The maximum atomic E-state index is 6.24. The molecule has 0 amide bonds. The molecule has 6 nitrogen and oxygen atoms in total. The third kappa shape index (κ3) is 3.45. The van der Waals surface area contributed by atoms with Gasteiger partial charge in [-0.25, -0.2) is 4.98 Å². The molecule has 2 rings (SSSR count). The van der Waals surface area contributed by atoms with Crippen molar-refractivity contribution in [3.05, 3.63) is 18.0 Å². The van der Waals surface area contributed by atoms with E-state index >= 15 is 0 Å². The minimum absolute atomic E-state index is 0.102. The third-order valence-electron chi connectivity index (χ3n) is 3.23. The lowest BCUT2D eigenvalue weighted by Gasteiger charge is -2.17. The van der Waals surface area contributed by atoms with Crippen molar-refractivity contribution in [2.24, 2.45) is 0 Å². The molecule has 0 saturated heterocycles. The van der Waals surface area contributed by atoms with Crippen LogP contribution in [-0.4, -0.2) is 48.6 Å². The van der Waals surface area contributed by atoms with E-state index in [1.807, 2.05) is 17.6 Å². The second-order valence-electron chi connectivity index (χ2n) is 4.71. The van der Waals surface area contributed by atoms with Crippen LogP contribution >= 0.6 is 11.6 Å². The first kappa shape index (κ1) is 16.0. The van der Waals surface area contributed by atoms with Gasteiger partial charge in [-0.2, -0.15) is 4.98 Å². The highest BCUT2D eigenvalue weighted by Gasteiger charge is 2.19. The molecule has 0 spiro atoms. The molecule has 0 aliphatic rings. The Balaban J connectivity index is 2.48. The van der Waals surface area contributed by atoms with E-state index in [1.165, 1.54) is 0 Å². The summed E-state index contributed by atoms with van der Waals surface area (Å²) in [6.45, 7) is 2.93. The van der Waals surface area contributed by atoms with Gasteiger partial charge in [0.15, 0.2) is 5.65 Å². The summed E-state index contributed by atoms with van der Waals surface area (Å²) in [5.41, 5.74) is 1.51. The molecule has 0 aliphatic heterocycles. The second kappa shape index (κ2) is 7.06. The van der Waals surface area contributed by atoms with E-state index < -0.39 is 0 Å². The van der Waals surface area contributed by atoms with Crippen LogP contribution in [0.2, 0.25) is 0 Å². The van der Waals surface area contributed by atoms with Crippen molar-refractivity contribution in [1.29, 1.82) is 0 Å². The zero-order valence-corrected chi connectivity index (χ0v) is 13.4. The Hall–Kier alpha value is -1.37. The van der Waals surface area contributed by atoms with E-state index in [1.54, 1.807) is 27.4 Å². The Labute approximate surface area is 129 Å². The van der Waals surface area contributed by atoms with Crippen molar-refractivity contribution < 1.29 is 14.2 Å². The predicted molar refractivity (Wildman–Crippen MR) is 81.0 cm³/mol. The smallest absolute Gasteiger partial charge is 0.215 e. The van der Waals surface area contributed by atoms with Gasteiger partial charge in [0.2, 0.25) is 5.88 Å². The van der Waals surface area contributed by atoms with Gasteiger partial charge in [-0.05, 0) is 13.0 Å². The van der Waals surface area contributed by atoms with Crippen LogP contribution in [0.25, 0.3) is 11.2 Å². The zero-order chi connectivity index (χ0) is 15.4. The molecule has 0 fully saturated rings. The van der Waals surface area contributed by atoms with Gasteiger partial charge in [-0.3, -0.25) is 0 Å². The van der Waals surface area contributed by atoms with Gasteiger partial charge in [0, 0.05) is 20.3 Å². The van der Waals surface area contributed by atoms with E-state index in [4.69, 9.17) is 25.8 Å². The third-order valence-corrected chi connectivity index (χ3v) is 3.43. The van der Waals surface area contributed by atoms with Crippen LogP contribution in [0.3, 0.4) is 0 Å². The number of hydrogen-bond acceptors (Lipinski definition) is 5. The molecular formula is C14H20ClN3O3. The maximum Gasteiger partial charge on any atom is 0.215 e. The molecule has 0 bridgehead atoms. The van der Waals surface area contributed by atoms with Crippen molar-refractivity contribution in [3.63, 3.8) is 0 Å². The summed E-state index contributed by atoms with van der Waals surface area (Å²) in [4.78, 5) is 9.02. The highest BCUT2D eigenvalue weighted by atomic mass is 35.5. The number of imidazole rings is 1. The van der Waals surface area contributed by atoms with E-state index in [9.17, 15) is 0 Å². The first-order valence-electron chi connectivity index (χ1n) is 6.67. The monoisotopic (exact) mass is 313 g/mol. The molecule has 2 heterocycles. The van der Waals surface area contributed by atoms with Crippen LogP contribution in [-0.2, 0) is 16.0 Å². The highest BCUT2D eigenvalue weighted by Crippen LogP contribution is 2.25. The lowest BCUT2D eigenvalue weighted by Crippen LogP contribution is -2.25. The molecule has 2 aromatic heterocycles. The van der Waals surface area contributed by atoms with Crippen LogP contribution < -0.4 is 4.74 Å². The van der Waals surface area contributed by atoms with Crippen molar-refractivity contribution in [2.75, 3.05) is 27.9 Å². The predicted octanol–water partition coefficient (Wildman–Crippen LogP) is 2.40. The molecule has 2 unspecified atom stereocenters. The fraction of sp³-hybridized carbons (Fsp3) is 0.571. The van der Waals surface area contributed by atoms with E-state index in [-0.39, 0.29) is 11.5 Å². The molecule has 0 aliphatic carbocycles. The average Bonchev–Trinajstić information content (AvgIpc) is 2.84. The van der Waals surface area contributed by atoms with Crippen molar-refractivity contribution >= 4 is 22.8 Å². The van der Waals surface area contributed by atoms with Gasteiger partial charge >= 0.3 is 0 Å². The normalized spacial score (nSPS) is 14.3. The molecule has 116 valence electrons. The van der Waals surface area contributed by atoms with Crippen LogP contribution in [0.1, 0.15) is 18.1 Å². The highest BCUT2D eigenvalue weighted by molar-refractivity contribution is 6.20. The number of methoxy groups -OCH3 is 3. The Morgan fingerprint density at radius 2 is 2.00 bits per heavy atom. The van der Waals surface area contributed by atoms with Crippen LogP contribution in [0.4, 0.5) is 0 Å². The summed E-state index contributed by atoms with van der Waals surface area (Å²) in [7, 11) is 4.88. The quantitative estimate of drug-likeness (QED) is 0.735. The summed E-state index contributed by atoms with van der Waals surface area (Å²) < 4.78 is 17.7. The topological polar surface area (TPSA) is 58.4 Å². The zero-order valence-electron chi connectivity index (χ0n) is 12.7. The van der Waals surface area contributed by atoms with Crippen molar-refractivity contribution in [2.45, 2.75) is 24.9 Å². The Morgan fingerprint density at radius 1 is 1.24 bits per heavy atom. The Kier molecular flexibility index (Phi) is 5.39. The molecule has 2 atom stereocenters. The Morgan fingerprint density at radius 3 is 2.57 bits per heavy atom. The Bertz CT molecular complexity index is 600. The van der Waals surface area contributed by atoms with E-state index in [2.05, 4.69) is 9.97 Å². The minimum atomic E-state index is -0.231. The average molecular weight is 314 g/mol. The number of nitrogens with zero attached hydrogens (tertiary/aromatic N) is 3. The van der Waals surface area contributed by atoms with Gasteiger partial charge in [0.25, 0.3) is 0 Å².